The number of aryl methyl sites for hydroxylation is 1. The maximum Gasteiger partial charge on any atom is 0.255 e. The van der Waals surface area contributed by atoms with Gasteiger partial charge in [0.05, 0.1) is 11.6 Å². The van der Waals surface area contributed by atoms with Crippen LogP contribution in [0.3, 0.4) is 0 Å². The Balaban J connectivity index is 2.24. The van der Waals surface area contributed by atoms with Gasteiger partial charge < -0.3 is 5.32 Å². The number of nitrogens with one attached hydrogen (secondary N) is 1. The minimum Gasteiger partial charge on any atom is -0.332 e. The fraction of sp³-hybridized carbons (Fsp3) is 0.125. The third-order valence-corrected chi connectivity index (χ3v) is 3.02. The standard InChI is InChI=1S/C16H13FN2O/c1-11-6-2-3-7-12(11)15(10-18)19-16(20)13-8-4-5-9-14(13)17/h2-9,15H,1H3,(H,19,20). The van der Waals surface area contributed by atoms with E-state index in [1.165, 1.54) is 18.2 Å². The Labute approximate surface area is 116 Å². The van der Waals surface area contributed by atoms with Crippen molar-refractivity contribution in [1.29, 1.82) is 5.26 Å². The number of nitriles is 1. The summed E-state index contributed by atoms with van der Waals surface area (Å²) in [7, 11) is 0. The van der Waals surface area contributed by atoms with E-state index in [0.29, 0.717) is 5.56 Å². The zero-order valence-electron chi connectivity index (χ0n) is 10.9. The Bertz CT molecular complexity index is 676. The molecule has 0 radical (unpaired) electrons. The highest BCUT2D eigenvalue weighted by Gasteiger charge is 2.18. The van der Waals surface area contributed by atoms with E-state index in [2.05, 4.69) is 5.32 Å². The zero-order chi connectivity index (χ0) is 14.5. The molecule has 20 heavy (non-hydrogen) atoms. The third-order valence-electron chi connectivity index (χ3n) is 3.02. The van der Waals surface area contributed by atoms with Gasteiger partial charge in [-0.3, -0.25) is 4.79 Å². The lowest BCUT2D eigenvalue weighted by Crippen LogP contribution is -2.28. The molecule has 100 valence electrons. The number of benzene rings is 2. The van der Waals surface area contributed by atoms with E-state index in [1.807, 2.05) is 25.1 Å². The van der Waals surface area contributed by atoms with Crippen LogP contribution in [0.2, 0.25) is 0 Å². The van der Waals surface area contributed by atoms with Crippen molar-refractivity contribution in [3.8, 4) is 6.07 Å². The van der Waals surface area contributed by atoms with Crippen molar-refractivity contribution in [3.63, 3.8) is 0 Å². The van der Waals surface area contributed by atoms with Crippen LogP contribution in [0.25, 0.3) is 0 Å². The van der Waals surface area contributed by atoms with E-state index in [-0.39, 0.29) is 5.56 Å². The number of amides is 1. The molecule has 0 spiro atoms. The van der Waals surface area contributed by atoms with Crippen LogP contribution in [0.15, 0.2) is 48.5 Å². The molecule has 0 aliphatic carbocycles. The lowest BCUT2D eigenvalue weighted by molar-refractivity contribution is 0.0941. The van der Waals surface area contributed by atoms with Crippen LogP contribution in [-0.4, -0.2) is 5.91 Å². The Kier molecular flexibility index (Phi) is 4.11. The van der Waals surface area contributed by atoms with Crippen LogP contribution in [0.5, 0.6) is 0 Å². The van der Waals surface area contributed by atoms with Gasteiger partial charge in [0.2, 0.25) is 0 Å². The Hall–Kier alpha value is -2.67. The summed E-state index contributed by atoms with van der Waals surface area (Å²) in [6.45, 7) is 1.86. The van der Waals surface area contributed by atoms with Gasteiger partial charge in [-0.2, -0.15) is 5.26 Å². The molecule has 2 rings (SSSR count). The first-order chi connectivity index (χ1) is 9.63. The maximum atomic E-state index is 13.5. The van der Waals surface area contributed by atoms with Gasteiger partial charge in [-0.15, -0.1) is 0 Å². The third kappa shape index (κ3) is 2.83. The van der Waals surface area contributed by atoms with Crippen LogP contribution in [0.1, 0.15) is 27.5 Å². The van der Waals surface area contributed by atoms with Crippen molar-refractivity contribution in [2.24, 2.45) is 0 Å². The van der Waals surface area contributed by atoms with E-state index in [0.717, 1.165) is 5.56 Å². The number of halogens is 1. The molecule has 2 aromatic rings. The minimum atomic E-state index is -0.802. The van der Waals surface area contributed by atoms with Gasteiger partial charge in [0.25, 0.3) is 5.91 Å². The number of nitrogens with zero attached hydrogens (tertiary/aromatic N) is 1. The van der Waals surface area contributed by atoms with Crippen molar-refractivity contribution in [2.45, 2.75) is 13.0 Å². The summed E-state index contributed by atoms with van der Waals surface area (Å²) >= 11 is 0. The molecule has 0 heterocycles. The normalized spacial score (nSPS) is 11.4. The molecule has 0 bridgehead atoms. The molecule has 1 unspecified atom stereocenters. The second-order valence-corrected chi connectivity index (χ2v) is 4.37. The smallest absolute Gasteiger partial charge is 0.255 e. The summed E-state index contributed by atoms with van der Waals surface area (Å²) in [6, 6.07) is 14.2. The molecule has 0 saturated heterocycles. The summed E-state index contributed by atoms with van der Waals surface area (Å²) < 4.78 is 13.5. The van der Waals surface area contributed by atoms with E-state index >= 15 is 0 Å². The maximum absolute atomic E-state index is 13.5. The lowest BCUT2D eigenvalue weighted by Gasteiger charge is -2.14. The number of carbonyl (C=O) groups is 1. The molecule has 0 fully saturated rings. The average Bonchev–Trinajstić information content (AvgIpc) is 2.46. The first kappa shape index (κ1) is 13.8. The van der Waals surface area contributed by atoms with Crippen LogP contribution in [0.4, 0.5) is 4.39 Å². The molecule has 1 atom stereocenters. The van der Waals surface area contributed by atoms with Gasteiger partial charge in [-0.1, -0.05) is 36.4 Å². The molecule has 0 aliphatic rings. The Morgan fingerprint density at radius 2 is 1.85 bits per heavy atom. The summed E-state index contributed by atoms with van der Waals surface area (Å²) in [4.78, 5) is 12.0. The highest BCUT2D eigenvalue weighted by Crippen LogP contribution is 2.17. The largest absolute Gasteiger partial charge is 0.332 e. The molecule has 1 amide bonds. The molecule has 0 saturated carbocycles. The van der Waals surface area contributed by atoms with Crippen LogP contribution in [-0.2, 0) is 0 Å². The van der Waals surface area contributed by atoms with Crippen molar-refractivity contribution in [2.75, 3.05) is 0 Å². The van der Waals surface area contributed by atoms with E-state index in [4.69, 9.17) is 0 Å². The Morgan fingerprint density at radius 1 is 1.20 bits per heavy atom. The van der Waals surface area contributed by atoms with E-state index in [9.17, 15) is 14.4 Å². The first-order valence-electron chi connectivity index (χ1n) is 6.14. The zero-order valence-corrected chi connectivity index (χ0v) is 10.9. The minimum absolute atomic E-state index is 0.0682. The quantitative estimate of drug-likeness (QED) is 0.929. The molecular formula is C16H13FN2O. The summed E-state index contributed by atoms with van der Waals surface area (Å²) in [6.07, 6.45) is 0. The summed E-state index contributed by atoms with van der Waals surface area (Å²) in [5.41, 5.74) is 1.54. The van der Waals surface area contributed by atoms with E-state index in [1.54, 1.807) is 18.2 Å². The predicted octanol–water partition coefficient (Wildman–Crippen LogP) is 3.13. The molecule has 4 heteroatoms. The number of hydrogen-bond donors (Lipinski definition) is 1. The van der Waals surface area contributed by atoms with Crippen molar-refractivity contribution in [3.05, 3.63) is 71.0 Å². The lowest BCUT2D eigenvalue weighted by atomic mass is 10.0. The fourth-order valence-electron chi connectivity index (χ4n) is 1.94. The second kappa shape index (κ2) is 5.98. The van der Waals surface area contributed by atoms with E-state index < -0.39 is 17.8 Å². The second-order valence-electron chi connectivity index (χ2n) is 4.37. The Morgan fingerprint density at radius 3 is 2.50 bits per heavy atom. The number of hydrogen-bond acceptors (Lipinski definition) is 2. The van der Waals surface area contributed by atoms with Crippen molar-refractivity contribution < 1.29 is 9.18 Å². The average molecular weight is 268 g/mol. The van der Waals surface area contributed by atoms with Crippen LogP contribution in [0, 0.1) is 24.1 Å². The molecule has 0 aromatic heterocycles. The molecular weight excluding hydrogens is 255 g/mol. The SMILES string of the molecule is Cc1ccccc1C(C#N)NC(=O)c1ccccc1F. The van der Waals surface area contributed by atoms with Gasteiger partial charge in [0.15, 0.2) is 0 Å². The number of carbonyl (C=O) groups excluding carboxylic acids is 1. The first-order valence-corrected chi connectivity index (χ1v) is 6.14. The van der Waals surface area contributed by atoms with Crippen LogP contribution < -0.4 is 5.32 Å². The summed E-state index contributed by atoms with van der Waals surface area (Å²) in [5.74, 6) is -1.20. The topological polar surface area (TPSA) is 52.9 Å². The molecule has 3 nitrogen and oxygen atoms in total. The fourth-order valence-corrected chi connectivity index (χ4v) is 1.94. The summed E-state index contributed by atoms with van der Waals surface area (Å²) in [5, 5.41) is 11.8. The van der Waals surface area contributed by atoms with Crippen molar-refractivity contribution >= 4 is 5.91 Å². The van der Waals surface area contributed by atoms with Gasteiger partial charge in [0.1, 0.15) is 11.9 Å². The van der Waals surface area contributed by atoms with Gasteiger partial charge in [0, 0.05) is 0 Å². The van der Waals surface area contributed by atoms with Crippen LogP contribution >= 0.6 is 0 Å². The highest BCUT2D eigenvalue weighted by molar-refractivity contribution is 5.94. The monoisotopic (exact) mass is 268 g/mol. The molecule has 2 aromatic carbocycles. The molecule has 0 aliphatic heterocycles. The highest BCUT2D eigenvalue weighted by atomic mass is 19.1. The van der Waals surface area contributed by atoms with Crippen molar-refractivity contribution in [1.82, 2.24) is 5.32 Å². The van der Waals surface area contributed by atoms with Gasteiger partial charge >= 0.3 is 0 Å². The number of rotatable bonds is 3. The molecule has 1 N–H and O–H groups in total. The van der Waals surface area contributed by atoms with Gasteiger partial charge in [-0.25, -0.2) is 4.39 Å². The predicted molar refractivity (Wildman–Crippen MR) is 73.4 cm³/mol. The van der Waals surface area contributed by atoms with Gasteiger partial charge in [-0.05, 0) is 30.2 Å².